The predicted octanol–water partition coefficient (Wildman–Crippen LogP) is 2.69. The molecule has 0 amide bonds. The molecule has 0 aliphatic rings. The molecule has 0 saturated heterocycles. The van der Waals surface area contributed by atoms with Gasteiger partial charge in [0.15, 0.2) is 0 Å². The number of anilines is 2. The quantitative estimate of drug-likeness (QED) is 0.911. The van der Waals surface area contributed by atoms with E-state index in [-0.39, 0.29) is 12.6 Å². The zero-order valence-electron chi connectivity index (χ0n) is 8.08. The van der Waals surface area contributed by atoms with Crippen molar-refractivity contribution < 1.29 is 4.42 Å². The summed E-state index contributed by atoms with van der Waals surface area (Å²) in [5.74, 6) is 0.369. The first-order valence-electron chi connectivity index (χ1n) is 4.43. The van der Waals surface area contributed by atoms with Gasteiger partial charge in [0.25, 0.3) is 0 Å². The van der Waals surface area contributed by atoms with Crippen molar-refractivity contribution in [1.82, 2.24) is 10.2 Å². The van der Waals surface area contributed by atoms with Crippen LogP contribution in [0.5, 0.6) is 0 Å². The summed E-state index contributed by atoms with van der Waals surface area (Å²) in [4.78, 5) is 0. The Morgan fingerprint density at radius 2 is 2.25 bits per heavy atom. The third kappa shape index (κ3) is 2.52. The Bertz CT molecular complexity index is 502. The Hall–Kier alpha value is -1.11. The molecule has 0 radical (unpaired) electrons. The lowest BCUT2D eigenvalue weighted by Gasteiger charge is -2.03. The number of nitrogens with two attached hydrogens (primary N) is 1. The average Bonchev–Trinajstić information content (AvgIpc) is 2.71. The first-order chi connectivity index (χ1) is 7.69. The molecule has 2 rings (SSSR count). The number of benzene rings is 1. The molecule has 0 aliphatic carbocycles. The number of rotatable bonds is 3. The number of halogens is 2. The summed E-state index contributed by atoms with van der Waals surface area (Å²) < 4.78 is 6.10. The molecule has 84 valence electrons. The lowest BCUT2D eigenvalue weighted by molar-refractivity contribution is 0.511. The Balaban J connectivity index is 2.22. The SMILES string of the molecule is NCc1nnc(Nc2cc(Br)ccc2Cl)o1. The van der Waals surface area contributed by atoms with E-state index in [9.17, 15) is 0 Å². The van der Waals surface area contributed by atoms with E-state index in [0.717, 1.165) is 4.47 Å². The Labute approximate surface area is 105 Å². The highest BCUT2D eigenvalue weighted by atomic mass is 79.9. The summed E-state index contributed by atoms with van der Waals surface area (Å²) in [5, 5.41) is 11.0. The second kappa shape index (κ2) is 4.82. The second-order valence-electron chi connectivity index (χ2n) is 2.95. The molecule has 1 aromatic heterocycles. The van der Waals surface area contributed by atoms with Crippen molar-refractivity contribution in [2.45, 2.75) is 6.54 Å². The van der Waals surface area contributed by atoms with Gasteiger partial charge in [-0.2, -0.15) is 0 Å². The van der Waals surface area contributed by atoms with Crippen molar-refractivity contribution in [2.24, 2.45) is 5.73 Å². The minimum Gasteiger partial charge on any atom is -0.406 e. The summed E-state index contributed by atoms with van der Waals surface area (Å²) in [5.41, 5.74) is 6.04. The molecule has 1 aromatic carbocycles. The van der Waals surface area contributed by atoms with Crippen LogP contribution in [-0.4, -0.2) is 10.2 Å². The van der Waals surface area contributed by atoms with Crippen LogP contribution in [0.2, 0.25) is 5.02 Å². The summed E-state index contributed by atoms with van der Waals surface area (Å²) in [6, 6.07) is 5.68. The summed E-state index contributed by atoms with van der Waals surface area (Å²) in [6.45, 7) is 0.209. The van der Waals surface area contributed by atoms with Crippen molar-refractivity contribution in [3.63, 3.8) is 0 Å². The van der Waals surface area contributed by atoms with Crippen LogP contribution in [0.15, 0.2) is 27.1 Å². The minimum atomic E-state index is 0.209. The first-order valence-corrected chi connectivity index (χ1v) is 5.60. The fourth-order valence-corrected chi connectivity index (χ4v) is 1.62. The summed E-state index contributed by atoms with van der Waals surface area (Å²) >= 11 is 9.33. The molecule has 0 bridgehead atoms. The van der Waals surface area contributed by atoms with Gasteiger partial charge in [-0.25, -0.2) is 0 Å². The van der Waals surface area contributed by atoms with Crippen molar-refractivity contribution >= 4 is 39.2 Å². The van der Waals surface area contributed by atoms with E-state index in [1.807, 2.05) is 12.1 Å². The van der Waals surface area contributed by atoms with Crippen LogP contribution in [0, 0.1) is 0 Å². The third-order valence-electron chi connectivity index (χ3n) is 1.81. The highest BCUT2D eigenvalue weighted by Crippen LogP contribution is 2.28. The summed E-state index contributed by atoms with van der Waals surface area (Å²) in [6.07, 6.45) is 0. The van der Waals surface area contributed by atoms with Crippen LogP contribution in [0.1, 0.15) is 5.89 Å². The van der Waals surface area contributed by atoms with Crippen LogP contribution in [0.4, 0.5) is 11.7 Å². The fourth-order valence-electron chi connectivity index (χ4n) is 1.10. The molecular weight excluding hydrogens is 295 g/mol. The lowest BCUT2D eigenvalue weighted by Crippen LogP contribution is -1.95. The third-order valence-corrected chi connectivity index (χ3v) is 2.63. The van der Waals surface area contributed by atoms with E-state index in [1.54, 1.807) is 6.07 Å². The van der Waals surface area contributed by atoms with Gasteiger partial charge in [0.2, 0.25) is 5.89 Å². The highest BCUT2D eigenvalue weighted by Gasteiger charge is 2.07. The molecule has 3 N–H and O–H groups in total. The zero-order chi connectivity index (χ0) is 11.5. The van der Waals surface area contributed by atoms with E-state index in [4.69, 9.17) is 21.8 Å². The number of aromatic nitrogens is 2. The molecule has 0 unspecified atom stereocenters. The van der Waals surface area contributed by atoms with Crippen LogP contribution >= 0.6 is 27.5 Å². The number of nitrogens with one attached hydrogen (secondary N) is 1. The second-order valence-corrected chi connectivity index (χ2v) is 4.28. The molecule has 0 atom stereocenters. The van der Waals surface area contributed by atoms with E-state index in [0.29, 0.717) is 16.6 Å². The molecule has 0 spiro atoms. The van der Waals surface area contributed by atoms with Crippen molar-refractivity contribution in [1.29, 1.82) is 0 Å². The van der Waals surface area contributed by atoms with E-state index in [2.05, 4.69) is 31.4 Å². The minimum absolute atomic E-state index is 0.209. The topological polar surface area (TPSA) is 77.0 Å². The monoisotopic (exact) mass is 302 g/mol. The Morgan fingerprint density at radius 1 is 1.44 bits per heavy atom. The van der Waals surface area contributed by atoms with Crippen LogP contribution in [0.25, 0.3) is 0 Å². The van der Waals surface area contributed by atoms with Crippen molar-refractivity contribution in [2.75, 3.05) is 5.32 Å². The van der Waals surface area contributed by atoms with Crippen LogP contribution in [-0.2, 0) is 6.54 Å². The van der Waals surface area contributed by atoms with Crippen LogP contribution < -0.4 is 11.1 Å². The number of nitrogens with zero attached hydrogens (tertiary/aromatic N) is 2. The van der Waals surface area contributed by atoms with Gasteiger partial charge in [-0.15, -0.1) is 5.10 Å². The van der Waals surface area contributed by atoms with Crippen LogP contribution in [0.3, 0.4) is 0 Å². The molecule has 0 aliphatic heterocycles. The van der Waals surface area contributed by atoms with Gasteiger partial charge in [-0.05, 0) is 18.2 Å². The maximum atomic E-state index is 5.99. The highest BCUT2D eigenvalue weighted by molar-refractivity contribution is 9.10. The maximum absolute atomic E-state index is 5.99. The van der Waals surface area contributed by atoms with E-state index < -0.39 is 0 Å². The largest absolute Gasteiger partial charge is 0.406 e. The number of hydrogen-bond acceptors (Lipinski definition) is 5. The molecular formula is C9H8BrClN4O. The van der Waals surface area contributed by atoms with Gasteiger partial charge in [0.05, 0.1) is 17.3 Å². The lowest BCUT2D eigenvalue weighted by atomic mass is 10.3. The fraction of sp³-hybridized carbons (Fsp3) is 0.111. The Kier molecular flexibility index (Phi) is 3.42. The van der Waals surface area contributed by atoms with Gasteiger partial charge in [-0.1, -0.05) is 32.6 Å². The number of hydrogen-bond donors (Lipinski definition) is 2. The molecule has 1 heterocycles. The molecule has 7 heteroatoms. The standard InChI is InChI=1S/C9H8BrClN4O/c10-5-1-2-6(11)7(3-5)13-9-15-14-8(4-12)16-9/h1-3H,4,12H2,(H,13,15). The van der Waals surface area contributed by atoms with Crippen molar-refractivity contribution in [3.05, 3.63) is 33.6 Å². The van der Waals surface area contributed by atoms with Crippen molar-refractivity contribution in [3.8, 4) is 0 Å². The first kappa shape index (κ1) is 11.4. The van der Waals surface area contributed by atoms with Gasteiger partial charge in [0.1, 0.15) is 0 Å². The smallest absolute Gasteiger partial charge is 0.320 e. The van der Waals surface area contributed by atoms with Gasteiger partial charge >= 0.3 is 6.01 Å². The molecule has 16 heavy (non-hydrogen) atoms. The Morgan fingerprint density at radius 3 is 2.94 bits per heavy atom. The van der Waals surface area contributed by atoms with E-state index in [1.165, 1.54) is 0 Å². The van der Waals surface area contributed by atoms with Gasteiger partial charge in [-0.3, -0.25) is 0 Å². The maximum Gasteiger partial charge on any atom is 0.320 e. The normalized spacial score (nSPS) is 10.4. The molecule has 0 saturated carbocycles. The average molecular weight is 304 g/mol. The predicted molar refractivity (Wildman–Crippen MR) is 64.6 cm³/mol. The zero-order valence-corrected chi connectivity index (χ0v) is 10.4. The molecule has 0 fully saturated rings. The molecule has 2 aromatic rings. The van der Waals surface area contributed by atoms with Gasteiger partial charge in [0, 0.05) is 4.47 Å². The van der Waals surface area contributed by atoms with E-state index >= 15 is 0 Å². The van der Waals surface area contributed by atoms with Gasteiger partial charge < -0.3 is 15.5 Å². The summed E-state index contributed by atoms with van der Waals surface area (Å²) in [7, 11) is 0. The molecule has 5 nitrogen and oxygen atoms in total.